The molecule has 0 bridgehead atoms. The molecule has 1 aromatic heterocycles. The van der Waals surface area contributed by atoms with Crippen LogP contribution in [0.5, 0.6) is 0 Å². The summed E-state index contributed by atoms with van der Waals surface area (Å²) in [5.74, 6) is -0.247. The van der Waals surface area contributed by atoms with Crippen LogP contribution in [0.2, 0.25) is 0 Å². The lowest BCUT2D eigenvalue weighted by atomic mass is 10.0. The summed E-state index contributed by atoms with van der Waals surface area (Å²) in [6, 6.07) is 24.0. The Morgan fingerprint density at radius 2 is 1.34 bits per heavy atom. The minimum absolute atomic E-state index is 0.0168. The van der Waals surface area contributed by atoms with E-state index in [1.54, 1.807) is 36.4 Å². The van der Waals surface area contributed by atoms with Gasteiger partial charge in [-0.1, -0.05) is 66.7 Å². The number of amides is 1. The second-order valence-electron chi connectivity index (χ2n) is 6.45. The predicted octanol–water partition coefficient (Wildman–Crippen LogP) is 2.99. The van der Waals surface area contributed by atoms with Crippen LogP contribution >= 0.6 is 0 Å². The SMILES string of the molecule is NC(=O)c1ccc(-c2nnn(CC(=O)c3ccc(-c4ccccc4)cc3)n2)cc1. The van der Waals surface area contributed by atoms with Gasteiger partial charge in [0.25, 0.3) is 0 Å². The van der Waals surface area contributed by atoms with Crippen molar-refractivity contribution in [1.82, 2.24) is 20.2 Å². The average Bonchev–Trinajstić information content (AvgIpc) is 3.23. The first kappa shape index (κ1) is 18.2. The Labute approximate surface area is 166 Å². The molecule has 0 aliphatic carbocycles. The molecule has 4 aromatic rings. The van der Waals surface area contributed by atoms with E-state index in [0.29, 0.717) is 22.5 Å². The maximum atomic E-state index is 12.5. The smallest absolute Gasteiger partial charge is 0.248 e. The zero-order valence-corrected chi connectivity index (χ0v) is 15.4. The lowest BCUT2D eigenvalue weighted by molar-refractivity contribution is 0.0959. The maximum Gasteiger partial charge on any atom is 0.248 e. The number of ketones is 1. The molecule has 7 nitrogen and oxygen atoms in total. The van der Waals surface area contributed by atoms with Gasteiger partial charge < -0.3 is 5.73 Å². The molecule has 4 rings (SSSR count). The highest BCUT2D eigenvalue weighted by Gasteiger charge is 2.12. The van der Waals surface area contributed by atoms with Gasteiger partial charge in [0.1, 0.15) is 6.54 Å². The maximum absolute atomic E-state index is 12.5. The Morgan fingerprint density at radius 1 is 0.759 bits per heavy atom. The van der Waals surface area contributed by atoms with Crippen LogP contribution in [0.1, 0.15) is 20.7 Å². The van der Waals surface area contributed by atoms with Crippen molar-refractivity contribution < 1.29 is 9.59 Å². The first-order chi connectivity index (χ1) is 14.1. The number of hydrogen-bond donors (Lipinski definition) is 1. The summed E-state index contributed by atoms with van der Waals surface area (Å²) >= 11 is 0. The van der Waals surface area contributed by atoms with Crippen LogP contribution < -0.4 is 5.73 Å². The Morgan fingerprint density at radius 3 is 2.00 bits per heavy atom. The summed E-state index contributed by atoms with van der Waals surface area (Å²) in [6.45, 7) is -0.0168. The lowest BCUT2D eigenvalue weighted by Gasteiger charge is -2.04. The molecule has 0 aliphatic rings. The van der Waals surface area contributed by atoms with E-state index in [2.05, 4.69) is 15.4 Å². The Balaban J connectivity index is 1.46. The molecular weight excluding hydrogens is 366 g/mol. The largest absolute Gasteiger partial charge is 0.366 e. The number of hydrogen-bond acceptors (Lipinski definition) is 5. The van der Waals surface area contributed by atoms with E-state index in [-0.39, 0.29) is 12.3 Å². The van der Waals surface area contributed by atoms with Gasteiger partial charge in [-0.15, -0.1) is 10.2 Å². The van der Waals surface area contributed by atoms with Crippen molar-refractivity contribution in [3.05, 3.63) is 90.0 Å². The van der Waals surface area contributed by atoms with E-state index < -0.39 is 5.91 Å². The monoisotopic (exact) mass is 383 g/mol. The van der Waals surface area contributed by atoms with Gasteiger partial charge in [0.2, 0.25) is 11.7 Å². The quantitative estimate of drug-likeness (QED) is 0.516. The van der Waals surface area contributed by atoms with E-state index >= 15 is 0 Å². The molecule has 0 fully saturated rings. The van der Waals surface area contributed by atoms with Crippen LogP contribution in [0.3, 0.4) is 0 Å². The fourth-order valence-electron chi connectivity index (χ4n) is 2.91. The molecular formula is C22H17N5O2. The summed E-state index contributed by atoms with van der Waals surface area (Å²) in [7, 11) is 0. The highest BCUT2D eigenvalue weighted by Crippen LogP contribution is 2.19. The normalized spacial score (nSPS) is 10.6. The molecule has 1 amide bonds. The van der Waals surface area contributed by atoms with Crippen molar-refractivity contribution in [1.29, 1.82) is 0 Å². The number of nitrogens with two attached hydrogens (primary N) is 1. The lowest BCUT2D eigenvalue weighted by Crippen LogP contribution is -2.13. The van der Waals surface area contributed by atoms with E-state index in [4.69, 9.17) is 5.73 Å². The van der Waals surface area contributed by atoms with Crippen molar-refractivity contribution in [3.8, 4) is 22.5 Å². The molecule has 1 heterocycles. The van der Waals surface area contributed by atoms with Crippen molar-refractivity contribution in [2.24, 2.45) is 5.73 Å². The number of tetrazole rings is 1. The minimum Gasteiger partial charge on any atom is -0.366 e. The van der Waals surface area contributed by atoms with Crippen LogP contribution in [0.15, 0.2) is 78.9 Å². The van der Waals surface area contributed by atoms with Crippen molar-refractivity contribution in [2.75, 3.05) is 0 Å². The fraction of sp³-hybridized carbons (Fsp3) is 0.0455. The van der Waals surface area contributed by atoms with Gasteiger partial charge in [0, 0.05) is 16.7 Å². The third-order valence-corrected chi connectivity index (χ3v) is 4.48. The van der Waals surface area contributed by atoms with Gasteiger partial charge in [0.05, 0.1) is 0 Å². The number of benzene rings is 3. The summed E-state index contributed by atoms with van der Waals surface area (Å²) in [6.07, 6.45) is 0. The van der Waals surface area contributed by atoms with Gasteiger partial charge in [-0.25, -0.2) is 0 Å². The number of nitrogens with zero attached hydrogens (tertiary/aromatic N) is 4. The standard InChI is InChI=1S/C22H17N5O2/c23-21(29)18-10-12-19(13-11-18)22-24-26-27(25-22)14-20(28)17-8-6-16(7-9-17)15-4-2-1-3-5-15/h1-13H,14H2,(H2,23,29). The topological polar surface area (TPSA) is 104 Å². The van der Waals surface area contributed by atoms with E-state index in [0.717, 1.165) is 11.1 Å². The van der Waals surface area contributed by atoms with Crippen LogP contribution in [0.4, 0.5) is 0 Å². The zero-order chi connectivity index (χ0) is 20.2. The number of Topliss-reactive ketones (excluding diaryl/α,β-unsaturated/α-hetero) is 1. The first-order valence-electron chi connectivity index (χ1n) is 8.97. The molecule has 0 saturated heterocycles. The molecule has 7 heteroatoms. The second-order valence-corrected chi connectivity index (χ2v) is 6.45. The van der Waals surface area contributed by atoms with Gasteiger partial charge in [-0.05, 0) is 28.5 Å². The first-order valence-corrected chi connectivity index (χ1v) is 8.97. The zero-order valence-electron chi connectivity index (χ0n) is 15.4. The van der Waals surface area contributed by atoms with Gasteiger partial charge in [-0.3, -0.25) is 9.59 Å². The molecule has 0 aliphatic heterocycles. The Hall–Kier alpha value is -4.13. The highest BCUT2D eigenvalue weighted by molar-refractivity contribution is 5.96. The summed E-state index contributed by atoms with van der Waals surface area (Å²) in [5, 5.41) is 12.2. The van der Waals surface area contributed by atoms with Crippen LogP contribution in [0.25, 0.3) is 22.5 Å². The molecule has 0 atom stereocenters. The van der Waals surface area contributed by atoms with Gasteiger partial charge >= 0.3 is 0 Å². The Bertz CT molecular complexity index is 1150. The molecule has 0 unspecified atom stereocenters. The predicted molar refractivity (Wildman–Crippen MR) is 108 cm³/mol. The van der Waals surface area contributed by atoms with Crippen LogP contribution in [-0.2, 0) is 6.54 Å². The van der Waals surface area contributed by atoms with E-state index in [1.807, 2.05) is 42.5 Å². The molecule has 3 aromatic carbocycles. The molecule has 2 N–H and O–H groups in total. The molecule has 0 saturated carbocycles. The molecule has 142 valence electrons. The van der Waals surface area contributed by atoms with Crippen molar-refractivity contribution in [2.45, 2.75) is 6.54 Å². The van der Waals surface area contributed by atoms with E-state index in [1.165, 1.54) is 4.80 Å². The summed E-state index contributed by atoms with van der Waals surface area (Å²) in [5.41, 5.74) is 9.03. The average molecular weight is 383 g/mol. The summed E-state index contributed by atoms with van der Waals surface area (Å²) < 4.78 is 0. The van der Waals surface area contributed by atoms with Crippen LogP contribution in [0, 0.1) is 0 Å². The fourth-order valence-corrected chi connectivity index (χ4v) is 2.91. The van der Waals surface area contributed by atoms with Crippen molar-refractivity contribution >= 4 is 11.7 Å². The van der Waals surface area contributed by atoms with Gasteiger partial charge in [-0.2, -0.15) is 4.80 Å². The van der Waals surface area contributed by atoms with Crippen LogP contribution in [-0.4, -0.2) is 31.9 Å². The highest BCUT2D eigenvalue weighted by atomic mass is 16.1. The molecule has 0 radical (unpaired) electrons. The summed E-state index contributed by atoms with van der Waals surface area (Å²) in [4.78, 5) is 24.9. The molecule has 29 heavy (non-hydrogen) atoms. The van der Waals surface area contributed by atoms with E-state index in [9.17, 15) is 9.59 Å². The number of primary amides is 1. The number of carbonyl (C=O) groups excluding carboxylic acids is 2. The Kier molecular flexibility index (Phi) is 4.94. The third kappa shape index (κ3) is 4.08. The third-order valence-electron chi connectivity index (χ3n) is 4.48. The minimum atomic E-state index is -0.503. The second kappa shape index (κ2) is 7.85. The number of rotatable bonds is 6. The molecule has 0 spiro atoms. The number of aromatic nitrogens is 4. The van der Waals surface area contributed by atoms with Crippen molar-refractivity contribution in [3.63, 3.8) is 0 Å². The van der Waals surface area contributed by atoms with Gasteiger partial charge in [0.15, 0.2) is 5.78 Å². The number of carbonyl (C=O) groups is 2.